The van der Waals surface area contributed by atoms with Crippen LogP contribution >= 0.6 is 7.82 Å². The van der Waals surface area contributed by atoms with Crippen LogP contribution in [0.15, 0.2) is 131 Å². The first-order valence-corrected chi connectivity index (χ1v) is 24.2. The third kappa shape index (κ3) is 10.1. The van der Waals surface area contributed by atoms with Gasteiger partial charge < -0.3 is 18.9 Å². The van der Waals surface area contributed by atoms with Crippen LogP contribution in [0, 0.1) is 0 Å². The van der Waals surface area contributed by atoms with E-state index in [4.69, 9.17) is 32.7 Å². The minimum Gasteiger partial charge on any atom is -0.497 e. The first-order valence-electron chi connectivity index (χ1n) is 21.0. The number of carbonyl (C=O) groups is 2. The molecule has 8 atom stereocenters. The summed E-state index contributed by atoms with van der Waals surface area (Å²) in [5.41, 5.74) is -0.611. The first-order chi connectivity index (χ1) is 31.7. The Hall–Kier alpha value is -5.43. The van der Waals surface area contributed by atoms with Crippen molar-refractivity contribution < 1.29 is 56.9 Å². The summed E-state index contributed by atoms with van der Waals surface area (Å²) in [5, 5.41) is 13.5. The van der Waals surface area contributed by atoms with Gasteiger partial charge in [-0.15, -0.1) is 0 Å². The Bertz CT molecular complexity index is 2610. The van der Waals surface area contributed by atoms with Crippen LogP contribution < -0.4 is 30.5 Å². The zero-order chi connectivity index (χ0) is 46.6. The van der Waals surface area contributed by atoms with Crippen LogP contribution in [-0.4, -0.2) is 116 Å². The van der Waals surface area contributed by atoms with Gasteiger partial charge in [0.1, 0.15) is 23.3 Å². The molecule has 4 N–H and O–H groups in total. The van der Waals surface area contributed by atoms with Crippen molar-refractivity contribution in [3.05, 3.63) is 159 Å². The fraction of sp³-hybridized carbons (Fsp3) is 0.348. The number of aliphatic hydroxyl groups is 1. The second-order valence-electron chi connectivity index (χ2n) is 16.1. The normalized spacial score (nSPS) is 25.3. The summed E-state index contributed by atoms with van der Waals surface area (Å²) >= 11 is -0.371. The molecule has 1 unspecified atom stereocenters. The number of benzene rings is 4. The Morgan fingerprint density at radius 3 is 1.98 bits per heavy atom. The van der Waals surface area contributed by atoms with Gasteiger partial charge in [0, 0.05) is 12.3 Å². The first kappa shape index (κ1) is 47.1. The molecule has 1 aromatic heterocycles. The molecule has 3 fully saturated rings. The van der Waals surface area contributed by atoms with E-state index in [0.29, 0.717) is 22.6 Å². The molecule has 66 heavy (non-hydrogen) atoms. The van der Waals surface area contributed by atoms with Crippen molar-refractivity contribution in [1.29, 1.82) is 0 Å². The van der Waals surface area contributed by atoms with Crippen molar-refractivity contribution in [3.8, 4) is 11.5 Å². The van der Waals surface area contributed by atoms with Crippen molar-refractivity contribution >= 4 is 39.2 Å². The van der Waals surface area contributed by atoms with Gasteiger partial charge in [-0.1, -0.05) is 54.6 Å². The number of nitrogens with one attached hydrogen (secondary N) is 2. The second kappa shape index (κ2) is 19.8. The van der Waals surface area contributed by atoms with Gasteiger partial charge in [0.25, 0.3) is 5.56 Å². The minimum absolute atomic E-state index is 0.0202. The number of urea groups is 1. The average molecular weight is 992 g/mol. The maximum absolute atomic E-state index is 13.9. The van der Waals surface area contributed by atoms with Gasteiger partial charge >= 0.3 is 191 Å². The van der Waals surface area contributed by atoms with Gasteiger partial charge in [0.2, 0.25) is 0 Å². The number of phosphoric ester groups is 1. The standard InChI is InChI=1S/C46H49N4O14PSe/c1-45(66-34-12-8-5-9-13-34)28-50(44(55)48-42(45)53)40-24-35(51)37(62-40)27-61-65(56,57)64-36-25-41(49-23-22-39(52)47-43(49)54)63-38(36)26-60-46(29-10-6-4-7-11-29,30-14-18-32(58-2)19-15-30)31-16-20-33(59-3)21-17-31/h4-23,35-38,40-41,51H,24-28H2,1-3H3,(H,56,57)(H,47,52,54)(H,48,53,55)/t35-,36-,37+,38+,40+,41+,45+/m0/s1. The molecule has 5 aromatic rings. The van der Waals surface area contributed by atoms with E-state index in [1.165, 1.54) is 11.1 Å². The van der Waals surface area contributed by atoms with E-state index < -0.39 is 84.4 Å². The molecule has 4 aromatic carbocycles. The zero-order valence-corrected chi connectivity index (χ0v) is 38.7. The third-order valence-corrected chi connectivity index (χ3v) is 15.4. The van der Waals surface area contributed by atoms with E-state index in [2.05, 4.69) is 10.3 Å². The summed E-state index contributed by atoms with van der Waals surface area (Å²) in [7, 11) is -1.89. The minimum atomic E-state index is -5.02. The largest absolute Gasteiger partial charge is 0.497 e. The third-order valence-electron chi connectivity index (χ3n) is 11.7. The predicted molar refractivity (Wildman–Crippen MR) is 238 cm³/mol. The van der Waals surface area contributed by atoms with Gasteiger partial charge in [0.05, 0.1) is 20.8 Å². The second-order valence-corrected chi connectivity index (χ2v) is 20.8. The summed E-state index contributed by atoms with van der Waals surface area (Å²) in [6, 6.07) is 34.0. The molecule has 348 valence electrons. The average Bonchev–Trinajstić information content (AvgIpc) is 3.89. The number of phosphoric acid groups is 1. The number of H-pyrrole nitrogens is 1. The number of hydrogen-bond donors (Lipinski definition) is 4. The number of aromatic nitrogens is 2. The van der Waals surface area contributed by atoms with Crippen LogP contribution in [0.1, 0.15) is 42.7 Å². The van der Waals surface area contributed by atoms with Gasteiger partial charge in [-0.05, 0) is 41.0 Å². The Morgan fingerprint density at radius 1 is 0.788 bits per heavy atom. The van der Waals surface area contributed by atoms with Crippen LogP contribution in [0.4, 0.5) is 4.79 Å². The van der Waals surface area contributed by atoms with Crippen LogP contribution in [0.2, 0.25) is 4.31 Å². The molecule has 3 aliphatic rings. The van der Waals surface area contributed by atoms with Crippen LogP contribution in [0.5, 0.6) is 11.5 Å². The smallest absolute Gasteiger partial charge is 0.118 e. The number of aromatic amines is 1. The summed E-state index contributed by atoms with van der Waals surface area (Å²) in [6.45, 7) is 0.896. The molecule has 20 heteroatoms. The quantitative estimate of drug-likeness (QED) is 0.0594. The van der Waals surface area contributed by atoms with Gasteiger partial charge in [-0.3, -0.25) is 14.3 Å². The van der Waals surface area contributed by atoms with Crippen molar-refractivity contribution in [2.45, 2.75) is 66.6 Å². The molecule has 3 amide bonds. The fourth-order valence-corrected chi connectivity index (χ4v) is 11.7. The number of rotatable bonds is 17. The van der Waals surface area contributed by atoms with E-state index in [9.17, 15) is 33.7 Å². The number of carbonyl (C=O) groups excluding carboxylic acids is 2. The van der Waals surface area contributed by atoms with E-state index >= 15 is 0 Å². The monoisotopic (exact) mass is 992 g/mol. The molecule has 0 aliphatic carbocycles. The SMILES string of the molecule is COc1ccc(C(OC[C@H]2O[C@@H](n3ccc(=O)[nH]c3=O)C[C@@H]2OP(=O)(O)OC[C@H]2O[C@@H](N3C[C@@](C)([Se]c4ccccc4)C(=O)NC3=O)C[C@@H]2O)(c2ccccc2)c2ccc(OC)cc2)cc1. The number of amides is 3. The van der Waals surface area contributed by atoms with E-state index in [1.807, 2.05) is 84.9 Å². The maximum Gasteiger partial charge on any atom is 0.118 e. The summed E-state index contributed by atoms with van der Waals surface area (Å²) in [6.07, 6.45) is -5.78. The van der Waals surface area contributed by atoms with Gasteiger partial charge in [-0.2, -0.15) is 0 Å². The number of nitrogens with zero attached hydrogens (tertiary/aromatic N) is 2. The molecule has 18 nitrogen and oxygen atoms in total. The predicted octanol–water partition coefficient (Wildman–Crippen LogP) is 3.59. The van der Waals surface area contributed by atoms with E-state index in [-0.39, 0.29) is 41.0 Å². The fourth-order valence-electron chi connectivity index (χ4n) is 8.32. The van der Waals surface area contributed by atoms with Gasteiger partial charge in [-0.25, -0.2) is 4.79 Å². The molecule has 0 bridgehead atoms. The Balaban J connectivity index is 1.03. The Morgan fingerprint density at radius 2 is 1.38 bits per heavy atom. The Kier molecular flexibility index (Phi) is 14.1. The van der Waals surface area contributed by atoms with Crippen LogP contribution in [-0.2, 0) is 38.2 Å². The molecule has 3 saturated heterocycles. The van der Waals surface area contributed by atoms with Gasteiger partial charge in [0.15, 0.2) is 0 Å². The zero-order valence-electron chi connectivity index (χ0n) is 36.1. The van der Waals surface area contributed by atoms with Crippen molar-refractivity contribution in [2.75, 3.05) is 34.0 Å². The number of methoxy groups -OCH3 is 2. The molecular formula is C46H49N4O14PSe. The molecule has 4 heterocycles. The molecule has 0 saturated carbocycles. The maximum atomic E-state index is 13.9. The van der Waals surface area contributed by atoms with Crippen molar-refractivity contribution in [3.63, 3.8) is 0 Å². The molecule has 8 rings (SSSR count). The molecular weight excluding hydrogens is 942 g/mol. The molecule has 3 aliphatic heterocycles. The topological polar surface area (TPSA) is 226 Å². The number of hydrogen-bond acceptors (Lipinski definition) is 13. The Labute approximate surface area is 385 Å². The van der Waals surface area contributed by atoms with Crippen molar-refractivity contribution in [2.24, 2.45) is 0 Å². The summed E-state index contributed by atoms with van der Waals surface area (Å²) in [5.74, 6) is 0.805. The number of aliphatic hydroxyl groups excluding tert-OH is 1. The van der Waals surface area contributed by atoms with E-state index in [1.54, 1.807) is 45.4 Å². The van der Waals surface area contributed by atoms with Crippen molar-refractivity contribution in [1.82, 2.24) is 19.8 Å². The summed E-state index contributed by atoms with van der Waals surface area (Å²) < 4.78 is 56.7. The van der Waals surface area contributed by atoms with Crippen LogP contribution in [0.3, 0.4) is 0 Å². The summed E-state index contributed by atoms with van der Waals surface area (Å²) in [4.78, 5) is 66.0. The molecule has 0 radical (unpaired) electrons. The number of imide groups is 1. The molecule has 0 spiro atoms. The number of ether oxygens (including phenoxy) is 5. The van der Waals surface area contributed by atoms with E-state index in [0.717, 1.165) is 20.7 Å². The van der Waals surface area contributed by atoms with Crippen LogP contribution in [0.25, 0.3) is 0 Å².